The summed E-state index contributed by atoms with van der Waals surface area (Å²) in [7, 11) is 3.18. The number of benzene rings is 2. The van der Waals surface area contributed by atoms with E-state index in [0.717, 1.165) is 23.1 Å². The molecule has 0 bridgehead atoms. The van der Waals surface area contributed by atoms with E-state index in [4.69, 9.17) is 14.2 Å². The first-order valence-corrected chi connectivity index (χ1v) is 9.03. The maximum absolute atomic E-state index is 12.3. The van der Waals surface area contributed by atoms with E-state index in [1.165, 1.54) is 6.08 Å². The molecular formula is C20H21BrO4. The summed E-state index contributed by atoms with van der Waals surface area (Å²) in [6, 6.07) is 12.6. The van der Waals surface area contributed by atoms with Crippen molar-refractivity contribution >= 4 is 27.8 Å². The van der Waals surface area contributed by atoms with Crippen LogP contribution in [0.2, 0.25) is 0 Å². The fourth-order valence-electron chi connectivity index (χ4n) is 2.18. The van der Waals surface area contributed by atoms with Crippen molar-refractivity contribution in [2.24, 2.45) is 0 Å². The van der Waals surface area contributed by atoms with E-state index in [9.17, 15) is 4.79 Å². The van der Waals surface area contributed by atoms with Gasteiger partial charge in [-0.25, -0.2) is 0 Å². The Kier molecular flexibility index (Phi) is 7.54. The van der Waals surface area contributed by atoms with E-state index in [2.05, 4.69) is 15.9 Å². The van der Waals surface area contributed by atoms with Gasteiger partial charge in [0.1, 0.15) is 17.2 Å². The third-order valence-corrected chi connectivity index (χ3v) is 4.10. The van der Waals surface area contributed by atoms with Gasteiger partial charge in [0.25, 0.3) is 0 Å². The highest BCUT2D eigenvalue weighted by atomic mass is 79.9. The molecule has 0 fully saturated rings. The van der Waals surface area contributed by atoms with E-state index >= 15 is 0 Å². The first kappa shape index (κ1) is 19.1. The van der Waals surface area contributed by atoms with Gasteiger partial charge in [-0.1, -0.05) is 15.9 Å². The second-order valence-electron chi connectivity index (χ2n) is 5.22. The second kappa shape index (κ2) is 9.89. The molecule has 0 spiro atoms. The van der Waals surface area contributed by atoms with Gasteiger partial charge in [-0.2, -0.15) is 0 Å². The molecule has 0 aliphatic carbocycles. The summed E-state index contributed by atoms with van der Waals surface area (Å²) in [5.74, 6) is 2.04. The van der Waals surface area contributed by atoms with Crippen molar-refractivity contribution in [1.82, 2.24) is 0 Å². The van der Waals surface area contributed by atoms with Crippen molar-refractivity contribution in [3.63, 3.8) is 0 Å². The summed E-state index contributed by atoms with van der Waals surface area (Å²) in [5.41, 5.74) is 1.42. The molecule has 0 heterocycles. The number of ether oxygens (including phenoxy) is 3. The van der Waals surface area contributed by atoms with E-state index in [-0.39, 0.29) is 5.78 Å². The molecule has 0 aromatic heterocycles. The molecule has 5 heteroatoms. The number of carbonyl (C=O) groups excluding carboxylic acids is 1. The van der Waals surface area contributed by atoms with Crippen LogP contribution < -0.4 is 14.2 Å². The summed E-state index contributed by atoms with van der Waals surface area (Å²) in [6.45, 7) is 0.649. The normalized spacial score (nSPS) is 10.7. The Morgan fingerprint density at radius 1 is 1.04 bits per heavy atom. The van der Waals surface area contributed by atoms with Gasteiger partial charge in [-0.3, -0.25) is 4.79 Å². The summed E-state index contributed by atoms with van der Waals surface area (Å²) < 4.78 is 16.1. The molecule has 4 nitrogen and oxygen atoms in total. The summed E-state index contributed by atoms with van der Waals surface area (Å²) in [5, 5.41) is 0.906. The molecule has 0 N–H and O–H groups in total. The Morgan fingerprint density at radius 2 is 1.76 bits per heavy atom. The van der Waals surface area contributed by atoms with E-state index in [1.807, 2.05) is 24.3 Å². The minimum absolute atomic E-state index is 0.0788. The van der Waals surface area contributed by atoms with Gasteiger partial charge in [-0.15, -0.1) is 0 Å². The van der Waals surface area contributed by atoms with Gasteiger partial charge in [0.2, 0.25) is 0 Å². The molecule has 0 saturated heterocycles. The number of rotatable bonds is 9. The van der Waals surface area contributed by atoms with Crippen LogP contribution in [0, 0.1) is 0 Å². The van der Waals surface area contributed by atoms with Gasteiger partial charge < -0.3 is 14.2 Å². The standard InChI is InChI=1S/C20H21BrO4/c1-23-18-10-6-16(20(14-18)24-2)7-11-19(22)15-4-8-17(9-5-15)25-13-3-12-21/h4-11,14H,3,12-13H2,1-2H3/b11-7+. The number of hydrogen-bond donors (Lipinski definition) is 0. The molecule has 0 amide bonds. The van der Waals surface area contributed by atoms with Crippen LogP contribution in [0.3, 0.4) is 0 Å². The minimum atomic E-state index is -0.0788. The van der Waals surface area contributed by atoms with Gasteiger partial charge >= 0.3 is 0 Å². The monoisotopic (exact) mass is 404 g/mol. The smallest absolute Gasteiger partial charge is 0.185 e. The summed E-state index contributed by atoms with van der Waals surface area (Å²) >= 11 is 3.36. The van der Waals surface area contributed by atoms with Crippen LogP contribution in [-0.4, -0.2) is 31.9 Å². The molecule has 0 aliphatic rings. The van der Waals surface area contributed by atoms with Crippen molar-refractivity contribution in [3.05, 3.63) is 59.7 Å². The molecule has 2 rings (SSSR count). The van der Waals surface area contributed by atoms with Crippen LogP contribution in [0.4, 0.5) is 0 Å². The minimum Gasteiger partial charge on any atom is -0.497 e. The van der Waals surface area contributed by atoms with E-state index in [1.54, 1.807) is 38.5 Å². The van der Waals surface area contributed by atoms with Crippen molar-refractivity contribution in [2.75, 3.05) is 26.2 Å². The SMILES string of the molecule is COc1ccc(/C=C/C(=O)c2ccc(OCCCBr)cc2)c(OC)c1. The highest BCUT2D eigenvalue weighted by Crippen LogP contribution is 2.25. The van der Waals surface area contributed by atoms with E-state index in [0.29, 0.717) is 23.7 Å². The molecule has 0 aliphatic heterocycles. The number of ketones is 1. The average molecular weight is 405 g/mol. The number of allylic oxidation sites excluding steroid dienone is 1. The third kappa shape index (κ3) is 5.64. The number of hydrogen-bond acceptors (Lipinski definition) is 4. The Hall–Kier alpha value is -2.27. The zero-order valence-electron chi connectivity index (χ0n) is 14.3. The highest BCUT2D eigenvalue weighted by Gasteiger charge is 2.05. The number of carbonyl (C=O) groups is 1. The number of methoxy groups -OCH3 is 2. The van der Waals surface area contributed by atoms with Crippen molar-refractivity contribution < 1.29 is 19.0 Å². The lowest BCUT2D eigenvalue weighted by molar-refractivity contribution is 0.104. The molecule has 25 heavy (non-hydrogen) atoms. The number of halogens is 1. The first-order chi connectivity index (χ1) is 12.2. The van der Waals surface area contributed by atoms with Crippen LogP contribution in [0.1, 0.15) is 22.3 Å². The van der Waals surface area contributed by atoms with Crippen LogP contribution in [-0.2, 0) is 0 Å². The lowest BCUT2D eigenvalue weighted by Crippen LogP contribution is -1.99. The van der Waals surface area contributed by atoms with Gasteiger partial charge in [0, 0.05) is 22.5 Å². The molecule has 0 saturated carbocycles. The van der Waals surface area contributed by atoms with Crippen molar-refractivity contribution in [3.8, 4) is 17.2 Å². The predicted molar refractivity (Wildman–Crippen MR) is 103 cm³/mol. The lowest BCUT2D eigenvalue weighted by atomic mass is 10.1. The van der Waals surface area contributed by atoms with Gasteiger partial charge in [0.05, 0.1) is 20.8 Å². The summed E-state index contributed by atoms with van der Waals surface area (Å²) in [4.78, 5) is 12.3. The average Bonchev–Trinajstić information content (AvgIpc) is 2.66. The molecule has 2 aromatic carbocycles. The molecular weight excluding hydrogens is 384 g/mol. The Morgan fingerprint density at radius 3 is 2.40 bits per heavy atom. The van der Waals surface area contributed by atoms with Crippen molar-refractivity contribution in [2.45, 2.75) is 6.42 Å². The van der Waals surface area contributed by atoms with Crippen LogP contribution in [0.15, 0.2) is 48.5 Å². The van der Waals surface area contributed by atoms with Crippen LogP contribution >= 0.6 is 15.9 Å². The van der Waals surface area contributed by atoms with Crippen LogP contribution in [0.25, 0.3) is 6.08 Å². The fraction of sp³-hybridized carbons (Fsp3) is 0.250. The summed E-state index contributed by atoms with van der Waals surface area (Å²) in [6.07, 6.45) is 4.21. The maximum Gasteiger partial charge on any atom is 0.185 e. The molecule has 132 valence electrons. The predicted octanol–water partition coefficient (Wildman–Crippen LogP) is 4.76. The Balaban J connectivity index is 2.05. The lowest BCUT2D eigenvalue weighted by Gasteiger charge is -2.07. The molecule has 2 aromatic rings. The second-order valence-corrected chi connectivity index (χ2v) is 6.01. The van der Waals surface area contributed by atoms with Crippen LogP contribution in [0.5, 0.6) is 17.2 Å². The largest absolute Gasteiger partial charge is 0.497 e. The van der Waals surface area contributed by atoms with E-state index < -0.39 is 0 Å². The highest BCUT2D eigenvalue weighted by molar-refractivity contribution is 9.09. The Bertz CT molecular complexity index is 723. The zero-order valence-corrected chi connectivity index (χ0v) is 15.9. The van der Waals surface area contributed by atoms with Gasteiger partial charge in [-0.05, 0) is 55.0 Å². The zero-order chi connectivity index (χ0) is 18.1. The fourth-order valence-corrected chi connectivity index (χ4v) is 2.41. The number of alkyl halides is 1. The quantitative estimate of drug-likeness (QED) is 0.261. The maximum atomic E-state index is 12.3. The van der Waals surface area contributed by atoms with Crippen molar-refractivity contribution in [1.29, 1.82) is 0 Å². The Labute approximate surface area is 156 Å². The molecule has 0 radical (unpaired) electrons. The third-order valence-electron chi connectivity index (χ3n) is 3.54. The molecule has 0 atom stereocenters. The topological polar surface area (TPSA) is 44.8 Å². The first-order valence-electron chi connectivity index (χ1n) is 7.91. The molecule has 0 unspecified atom stereocenters. The van der Waals surface area contributed by atoms with Gasteiger partial charge in [0.15, 0.2) is 5.78 Å².